The number of hydrogen-bond acceptors (Lipinski definition) is 6. The summed E-state index contributed by atoms with van der Waals surface area (Å²) in [5.74, 6) is -0.486. The normalized spacial score (nSPS) is 11.0. The van der Waals surface area contributed by atoms with Gasteiger partial charge in [-0.15, -0.1) is 0 Å². The number of nitrogens with one attached hydrogen (secondary N) is 1. The summed E-state index contributed by atoms with van der Waals surface area (Å²) in [4.78, 5) is 9.95. The van der Waals surface area contributed by atoms with Crippen molar-refractivity contribution >= 4 is 21.6 Å². The van der Waals surface area contributed by atoms with Crippen LogP contribution in [0.5, 0.6) is 5.75 Å². The highest BCUT2D eigenvalue weighted by Crippen LogP contribution is 2.20. The molecule has 0 atom stereocenters. The first kappa shape index (κ1) is 16.4. The first-order chi connectivity index (χ1) is 10.8. The molecule has 2 rings (SSSR count). The topological polar surface area (TPSA) is 136 Å². The molecule has 0 saturated heterocycles. The second kappa shape index (κ2) is 6.44. The zero-order valence-corrected chi connectivity index (χ0v) is 12.6. The molecule has 0 aromatic heterocycles. The Morgan fingerprint density at radius 1 is 1.13 bits per heavy atom. The first-order valence-corrected chi connectivity index (χ1v) is 7.94. The molecule has 0 saturated carbocycles. The second-order valence-corrected chi connectivity index (χ2v) is 6.22. The van der Waals surface area contributed by atoms with Gasteiger partial charge in [-0.05, 0) is 17.7 Å². The number of nitrogen functional groups attached to an aromatic ring is 1. The van der Waals surface area contributed by atoms with Crippen LogP contribution in [0.2, 0.25) is 0 Å². The van der Waals surface area contributed by atoms with Crippen LogP contribution in [-0.4, -0.2) is 19.2 Å². The first-order valence-electron chi connectivity index (χ1n) is 6.37. The number of nitro groups is 1. The average molecular weight is 335 g/mol. The SMILES string of the molecule is N=C(N)c1ccc(CS(=O)(=O)Oc2ccc([N+](=O)[O-])cc2)cc1. The monoisotopic (exact) mass is 335 g/mol. The highest BCUT2D eigenvalue weighted by molar-refractivity contribution is 7.86. The van der Waals surface area contributed by atoms with Gasteiger partial charge in [0.25, 0.3) is 5.69 Å². The number of nitro benzene ring substituents is 1. The van der Waals surface area contributed by atoms with Crippen molar-refractivity contribution in [2.45, 2.75) is 5.75 Å². The highest BCUT2D eigenvalue weighted by atomic mass is 32.2. The summed E-state index contributed by atoms with van der Waals surface area (Å²) in [5.41, 5.74) is 6.12. The predicted octanol–water partition coefficient (Wildman–Crippen LogP) is 1.79. The molecule has 8 nitrogen and oxygen atoms in total. The lowest BCUT2D eigenvalue weighted by atomic mass is 10.1. The van der Waals surface area contributed by atoms with E-state index in [1.807, 2.05) is 0 Å². The molecule has 0 heterocycles. The zero-order valence-electron chi connectivity index (χ0n) is 11.8. The van der Waals surface area contributed by atoms with Gasteiger partial charge in [-0.25, -0.2) is 0 Å². The van der Waals surface area contributed by atoms with Crippen molar-refractivity contribution < 1.29 is 17.5 Å². The van der Waals surface area contributed by atoms with Crippen molar-refractivity contribution in [1.29, 1.82) is 5.41 Å². The Balaban J connectivity index is 2.09. The number of hydrogen-bond donors (Lipinski definition) is 2. The van der Waals surface area contributed by atoms with E-state index in [9.17, 15) is 18.5 Å². The third-order valence-electron chi connectivity index (χ3n) is 2.88. The van der Waals surface area contributed by atoms with Crippen LogP contribution in [-0.2, 0) is 15.9 Å². The van der Waals surface area contributed by atoms with E-state index in [2.05, 4.69) is 0 Å². The van der Waals surface area contributed by atoms with Crippen molar-refractivity contribution in [3.63, 3.8) is 0 Å². The van der Waals surface area contributed by atoms with Gasteiger partial charge in [0.1, 0.15) is 17.3 Å². The molecule has 0 radical (unpaired) electrons. The third kappa shape index (κ3) is 4.51. The fourth-order valence-corrected chi connectivity index (χ4v) is 2.85. The van der Waals surface area contributed by atoms with Gasteiger partial charge in [0.15, 0.2) is 0 Å². The zero-order chi connectivity index (χ0) is 17.0. The van der Waals surface area contributed by atoms with Crippen LogP contribution in [0.3, 0.4) is 0 Å². The maximum absolute atomic E-state index is 12.0. The highest BCUT2D eigenvalue weighted by Gasteiger charge is 2.15. The maximum Gasteiger partial charge on any atom is 0.313 e. The smallest absolute Gasteiger partial charge is 0.313 e. The molecule has 0 aliphatic rings. The van der Waals surface area contributed by atoms with Crippen LogP contribution in [0, 0.1) is 15.5 Å². The molecular weight excluding hydrogens is 322 g/mol. The van der Waals surface area contributed by atoms with E-state index in [1.165, 1.54) is 24.3 Å². The number of nitrogens with zero attached hydrogens (tertiary/aromatic N) is 1. The Hall–Kier alpha value is -2.94. The van der Waals surface area contributed by atoms with Crippen LogP contribution in [0.15, 0.2) is 48.5 Å². The largest absolute Gasteiger partial charge is 0.384 e. The minimum absolute atomic E-state index is 0.00374. The fourth-order valence-electron chi connectivity index (χ4n) is 1.78. The number of amidine groups is 1. The summed E-state index contributed by atoms with van der Waals surface area (Å²) < 4.78 is 28.9. The molecule has 0 aliphatic carbocycles. The summed E-state index contributed by atoms with van der Waals surface area (Å²) >= 11 is 0. The summed E-state index contributed by atoms with van der Waals surface area (Å²) in [6.07, 6.45) is 0. The minimum atomic E-state index is -3.91. The van der Waals surface area contributed by atoms with Gasteiger partial charge < -0.3 is 9.92 Å². The van der Waals surface area contributed by atoms with Crippen LogP contribution in [0.4, 0.5) is 5.69 Å². The molecule has 0 fully saturated rings. The average Bonchev–Trinajstić information content (AvgIpc) is 2.47. The van der Waals surface area contributed by atoms with Crippen LogP contribution in [0.25, 0.3) is 0 Å². The Labute approximate surface area is 132 Å². The lowest BCUT2D eigenvalue weighted by Gasteiger charge is -2.07. The molecule has 0 bridgehead atoms. The molecule has 120 valence electrons. The van der Waals surface area contributed by atoms with E-state index >= 15 is 0 Å². The van der Waals surface area contributed by atoms with Crippen molar-refractivity contribution in [2.24, 2.45) is 5.73 Å². The number of rotatable bonds is 6. The lowest BCUT2D eigenvalue weighted by molar-refractivity contribution is -0.384. The molecular formula is C14H13N3O5S. The number of non-ortho nitro benzene ring substituents is 1. The van der Waals surface area contributed by atoms with Gasteiger partial charge in [-0.1, -0.05) is 24.3 Å². The standard InChI is InChI=1S/C14H13N3O5S/c15-14(16)11-3-1-10(2-4-11)9-23(20,21)22-13-7-5-12(6-8-13)17(18)19/h1-8H,9H2,(H3,15,16). The van der Waals surface area contributed by atoms with Gasteiger partial charge in [0, 0.05) is 17.7 Å². The lowest BCUT2D eigenvalue weighted by Crippen LogP contribution is -2.13. The predicted molar refractivity (Wildman–Crippen MR) is 83.8 cm³/mol. The van der Waals surface area contributed by atoms with Crippen molar-refractivity contribution in [3.8, 4) is 5.75 Å². The summed E-state index contributed by atoms with van der Waals surface area (Å²) in [6, 6.07) is 10.9. The summed E-state index contributed by atoms with van der Waals surface area (Å²) in [6.45, 7) is 0. The molecule has 2 aromatic rings. The molecule has 0 aliphatic heterocycles. The second-order valence-electron chi connectivity index (χ2n) is 4.65. The molecule has 0 amide bonds. The fraction of sp³-hybridized carbons (Fsp3) is 0.0714. The van der Waals surface area contributed by atoms with Crippen molar-refractivity contribution in [1.82, 2.24) is 0 Å². The molecule has 23 heavy (non-hydrogen) atoms. The molecule has 0 spiro atoms. The Bertz CT molecular complexity index is 764. The molecule has 0 unspecified atom stereocenters. The van der Waals surface area contributed by atoms with Gasteiger partial charge in [0.2, 0.25) is 0 Å². The number of benzene rings is 2. The van der Waals surface area contributed by atoms with Gasteiger partial charge in [0.05, 0.1) is 4.92 Å². The Morgan fingerprint density at radius 2 is 1.70 bits per heavy atom. The molecule has 2 aromatic carbocycles. The van der Waals surface area contributed by atoms with E-state index in [0.29, 0.717) is 11.1 Å². The third-order valence-corrected chi connectivity index (χ3v) is 4.01. The van der Waals surface area contributed by atoms with Gasteiger partial charge >= 0.3 is 10.1 Å². The maximum atomic E-state index is 12.0. The molecule has 9 heteroatoms. The Morgan fingerprint density at radius 3 is 2.17 bits per heavy atom. The van der Waals surface area contributed by atoms with Crippen LogP contribution in [0.1, 0.15) is 11.1 Å². The van der Waals surface area contributed by atoms with E-state index < -0.39 is 15.0 Å². The van der Waals surface area contributed by atoms with E-state index in [-0.39, 0.29) is 23.0 Å². The summed E-state index contributed by atoms with van der Waals surface area (Å²) in [7, 11) is -3.91. The van der Waals surface area contributed by atoms with Crippen molar-refractivity contribution in [3.05, 3.63) is 69.8 Å². The van der Waals surface area contributed by atoms with Crippen LogP contribution >= 0.6 is 0 Å². The molecule has 3 N–H and O–H groups in total. The summed E-state index contributed by atoms with van der Waals surface area (Å²) in [5, 5.41) is 17.8. The van der Waals surface area contributed by atoms with Gasteiger partial charge in [-0.3, -0.25) is 15.5 Å². The van der Waals surface area contributed by atoms with E-state index in [1.54, 1.807) is 12.1 Å². The Kier molecular flexibility index (Phi) is 4.60. The van der Waals surface area contributed by atoms with Crippen LogP contribution < -0.4 is 9.92 Å². The van der Waals surface area contributed by atoms with E-state index in [0.717, 1.165) is 12.1 Å². The van der Waals surface area contributed by atoms with Gasteiger partial charge in [-0.2, -0.15) is 8.42 Å². The van der Waals surface area contributed by atoms with Crippen molar-refractivity contribution in [2.75, 3.05) is 0 Å². The van der Waals surface area contributed by atoms with E-state index in [4.69, 9.17) is 15.3 Å². The quantitative estimate of drug-likeness (QED) is 0.271. The number of nitrogens with two attached hydrogens (primary N) is 1. The minimum Gasteiger partial charge on any atom is -0.384 e.